The van der Waals surface area contributed by atoms with Gasteiger partial charge in [0.15, 0.2) is 0 Å². The summed E-state index contributed by atoms with van der Waals surface area (Å²) in [5, 5.41) is 9.56. The number of nitrogens with zero attached hydrogens (tertiary/aromatic N) is 6. The van der Waals surface area contributed by atoms with E-state index < -0.39 is 23.5 Å². The molecular weight excluding hydrogens is 564 g/mol. The van der Waals surface area contributed by atoms with Crippen molar-refractivity contribution in [2.45, 2.75) is 26.1 Å². The van der Waals surface area contributed by atoms with Crippen LogP contribution in [-0.4, -0.2) is 68.2 Å². The van der Waals surface area contributed by atoms with E-state index in [0.29, 0.717) is 30.2 Å². The molecule has 1 aliphatic heterocycles. The molecule has 0 aliphatic carbocycles. The zero-order chi connectivity index (χ0) is 30.6. The van der Waals surface area contributed by atoms with Crippen LogP contribution < -0.4 is 10.6 Å². The number of aryl methyl sites for hydroxylation is 1. The first-order chi connectivity index (χ1) is 20.6. The Morgan fingerprint density at radius 1 is 0.907 bits per heavy atom. The van der Waals surface area contributed by atoms with Gasteiger partial charge in [-0.1, -0.05) is 25.1 Å². The third-order valence-corrected chi connectivity index (χ3v) is 7.36. The topological polar surface area (TPSA) is 91.2 Å². The molecule has 9 nitrogen and oxygen atoms in total. The monoisotopic (exact) mass is 596 g/mol. The van der Waals surface area contributed by atoms with Gasteiger partial charge in [-0.05, 0) is 41.4 Å². The number of likely N-dealkylation sites (N-methyl/N-ethyl adjacent to an activating group) is 1. The number of rotatable bonds is 9. The number of amides is 1. The smallest absolute Gasteiger partial charge is 0.326 e. The molecule has 4 aromatic rings. The number of hydrogen-bond donors (Lipinski definition) is 2. The van der Waals surface area contributed by atoms with Gasteiger partial charge in [0.05, 0.1) is 23.9 Å². The van der Waals surface area contributed by atoms with Crippen molar-refractivity contribution in [2.75, 3.05) is 43.4 Å². The fourth-order valence-electron chi connectivity index (χ4n) is 4.97. The molecule has 1 aliphatic rings. The van der Waals surface area contributed by atoms with Crippen LogP contribution >= 0.6 is 0 Å². The highest BCUT2D eigenvalue weighted by molar-refractivity contribution is 5.92. The van der Waals surface area contributed by atoms with E-state index in [9.17, 15) is 22.4 Å². The normalized spacial score (nSPS) is 14.6. The zero-order valence-electron chi connectivity index (χ0n) is 23.8. The predicted octanol–water partition coefficient (Wildman–Crippen LogP) is 5.10. The summed E-state index contributed by atoms with van der Waals surface area (Å²) in [6.45, 7) is 6.16. The van der Waals surface area contributed by atoms with E-state index in [4.69, 9.17) is 0 Å². The van der Waals surface area contributed by atoms with Gasteiger partial charge >= 0.3 is 6.18 Å². The standard InChI is InChI=1S/C30H32F4N8O/c1-3-41-8-10-42(11-9-41)18-22-6-7-24(14-26(22)30(32,33)34)38-28(43)13-21-5-4-20(12-27(21)31)23-15-35-29(36-16-23)39-25-17-37-40(2)19-25/h4-7,12,14-17,19H,3,8-11,13,18H2,1-2H3,(H,38,43)(H,35,36,39). The molecule has 2 N–H and O–H groups in total. The maximum atomic E-state index is 14.9. The number of benzene rings is 2. The van der Waals surface area contributed by atoms with Crippen molar-refractivity contribution in [1.29, 1.82) is 0 Å². The van der Waals surface area contributed by atoms with Crippen LogP contribution in [0.15, 0.2) is 61.2 Å². The lowest BCUT2D eigenvalue weighted by Gasteiger charge is -2.34. The molecule has 3 heterocycles. The van der Waals surface area contributed by atoms with Gasteiger partial charge in [-0.3, -0.25) is 14.4 Å². The van der Waals surface area contributed by atoms with Gasteiger partial charge in [0, 0.05) is 69.6 Å². The number of anilines is 3. The van der Waals surface area contributed by atoms with Crippen molar-refractivity contribution >= 4 is 23.2 Å². The van der Waals surface area contributed by atoms with E-state index in [1.165, 1.54) is 24.3 Å². The van der Waals surface area contributed by atoms with Gasteiger partial charge in [0.2, 0.25) is 11.9 Å². The van der Waals surface area contributed by atoms with Gasteiger partial charge in [-0.2, -0.15) is 18.3 Å². The Bertz CT molecular complexity index is 1560. The predicted molar refractivity (Wildman–Crippen MR) is 155 cm³/mol. The minimum Gasteiger partial charge on any atom is -0.326 e. The van der Waals surface area contributed by atoms with Crippen LogP contribution in [0.1, 0.15) is 23.6 Å². The van der Waals surface area contributed by atoms with Crippen molar-refractivity contribution in [3.05, 3.63) is 83.7 Å². The molecule has 5 rings (SSSR count). The second-order valence-corrected chi connectivity index (χ2v) is 10.4. The summed E-state index contributed by atoms with van der Waals surface area (Å²) >= 11 is 0. The summed E-state index contributed by atoms with van der Waals surface area (Å²) < 4.78 is 58.4. The Hall–Kier alpha value is -4.36. The van der Waals surface area contributed by atoms with Gasteiger partial charge in [0.1, 0.15) is 5.82 Å². The summed E-state index contributed by atoms with van der Waals surface area (Å²) in [5.74, 6) is -0.904. The van der Waals surface area contributed by atoms with Crippen molar-refractivity contribution in [3.8, 4) is 11.1 Å². The number of halogens is 4. The molecule has 1 amide bonds. The average Bonchev–Trinajstić information content (AvgIpc) is 3.39. The minimum absolute atomic E-state index is 0.00559. The Morgan fingerprint density at radius 3 is 2.23 bits per heavy atom. The Balaban J connectivity index is 1.22. The Kier molecular flexibility index (Phi) is 9.02. The Morgan fingerprint density at radius 2 is 1.60 bits per heavy atom. The molecular formula is C30H32F4N8O. The molecule has 1 fully saturated rings. The average molecular weight is 597 g/mol. The lowest BCUT2D eigenvalue weighted by molar-refractivity contribution is -0.138. The van der Waals surface area contributed by atoms with Crippen LogP contribution in [0.25, 0.3) is 11.1 Å². The van der Waals surface area contributed by atoms with Crippen LogP contribution in [0.4, 0.5) is 34.9 Å². The minimum atomic E-state index is -4.58. The van der Waals surface area contributed by atoms with Gasteiger partial charge in [-0.15, -0.1) is 0 Å². The van der Waals surface area contributed by atoms with Gasteiger partial charge in [0.25, 0.3) is 0 Å². The fourth-order valence-corrected chi connectivity index (χ4v) is 4.97. The van der Waals surface area contributed by atoms with Crippen molar-refractivity contribution in [3.63, 3.8) is 0 Å². The highest BCUT2D eigenvalue weighted by Crippen LogP contribution is 2.35. The number of aromatic nitrogens is 4. The summed E-state index contributed by atoms with van der Waals surface area (Å²) in [6.07, 6.45) is 1.55. The highest BCUT2D eigenvalue weighted by atomic mass is 19.4. The van der Waals surface area contributed by atoms with Crippen molar-refractivity contribution in [2.24, 2.45) is 7.05 Å². The molecule has 13 heteroatoms. The first-order valence-electron chi connectivity index (χ1n) is 13.9. The molecule has 0 atom stereocenters. The number of nitrogens with one attached hydrogen (secondary N) is 2. The second kappa shape index (κ2) is 12.9. The summed E-state index contributed by atoms with van der Waals surface area (Å²) in [4.78, 5) is 25.4. The van der Waals surface area contributed by atoms with Crippen LogP contribution in [0.5, 0.6) is 0 Å². The fraction of sp³-hybridized carbons (Fsp3) is 0.333. The van der Waals surface area contributed by atoms with Crippen molar-refractivity contribution in [1.82, 2.24) is 29.5 Å². The number of carbonyl (C=O) groups excluding carboxylic acids is 1. The van der Waals surface area contributed by atoms with Crippen LogP contribution in [0.3, 0.4) is 0 Å². The molecule has 0 bridgehead atoms. The summed E-state index contributed by atoms with van der Waals surface area (Å²) in [7, 11) is 1.79. The van der Waals surface area contributed by atoms with Gasteiger partial charge < -0.3 is 15.5 Å². The second-order valence-electron chi connectivity index (χ2n) is 10.4. The van der Waals surface area contributed by atoms with Crippen LogP contribution in [0.2, 0.25) is 0 Å². The molecule has 0 saturated carbocycles. The molecule has 0 spiro atoms. The van der Waals surface area contributed by atoms with Crippen LogP contribution in [0, 0.1) is 5.82 Å². The first kappa shape index (κ1) is 30.1. The molecule has 0 radical (unpaired) electrons. The zero-order valence-corrected chi connectivity index (χ0v) is 23.8. The number of hydrogen-bond acceptors (Lipinski definition) is 7. The third kappa shape index (κ3) is 7.73. The largest absolute Gasteiger partial charge is 0.416 e. The lowest BCUT2D eigenvalue weighted by Crippen LogP contribution is -2.45. The quantitative estimate of drug-likeness (QED) is 0.260. The van der Waals surface area contributed by atoms with E-state index in [0.717, 1.165) is 31.4 Å². The lowest BCUT2D eigenvalue weighted by atomic mass is 10.0. The maximum absolute atomic E-state index is 14.9. The summed E-state index contributed by atoms with van der Waals surface area (Å²) in [6, 6.07) is 8.18. The molecule has 43 heavy (non-hydrogen) atoms. The SMILES string of the molecule is CCN1CCN(Cc2ccc(NC(=O)Cc3ccc(-c4cnc(Nc5cnn(C)c5)nc4)cc3F)cc2C(F)(F)F)CC1. The van der Waals surface area contributed by atoms with E-state index in [-0.39, 0.29) is 29.8 Å². The molecule has 1 saturated heterocycles. The number of alkyl halides is 3. The molecule has 2 aromatic carbocycles. The number of piperazine rings is 1. The summed E-state index contributed by atoms with van der Waals surface area (Å²) in [5.41, 5.74) is 1.27. The highest BCUT2D eigenvalue weighted by Gasteiger charge is 2.34. The molecule has 226 valence electrons. The number of carbonyl (C=O) groups is 1. The maximum Gasteiger partial charge on any atom is 0.416 e. The third-order valence-electron chi connectivity index (χ3n) is 7.36. The van der Waals surface area contributed by atoms with E-state index in [1.54, 1.807) is 42.6 Å². The molecule has 2 aromatic heterocycles. The van der Waals surface area contributed by atoms with E-state index >= 15 is 0 Å². The van der Waals surface area contributed by atoms with Gasteiger partial charge in [-0.25, -0.2) is 14.4 Å². The molecule has 0 unspecified atom stereocenters. The van der Waals surface area contributed by atoms with E-state index in [2.05, 4.69) is 37.5 Å². The van der Waals surface area contributed by atoms with E-state index in [1.807, 2.05) is 4.90 Å². The van der Waals surface area contributed by atoms with Crippen LogP contribution in [-0.2, 0) is 31.0 Å². The Labute approximate surface area is 246 Å². The first-order valence-corrected chi connectivity index (χ1v) is 13.9. The van der Waals surface area contributed by atoms with Crippen molar-refractivity contribution < 1.29 is 22.4 Å².